The number of nitrogens with two attached hydrogens (primary N) is 2. The summed E-state index contributed by atoms with van der Waals surface area (Å²) in [6.07, 6.45) is 0. The van der Waals surface area contributed by atoms with Crippen LogP contribution in [0.3, 0.4) is 0 Å². The first-order valence-electron chi connectivity index (χ1n) is 3.96. The molecule has 1 rings (SSSR count). The second-order valence-corrected chi connectivity index (χ2v) is 2.91. The first-order valence-corrected chi connectivity index (χ1v) is 4.34. The molecule has 0 atom stereocenters. The fraction of sp³-hybridized carbons (Fsp3) is 0.429. The quantitative estimate of drug-likeness (QED) is 0.497. The zero-order chi connectivity index (χ0) is 10.6. The number of aromatic nitrogens is 2. The molecular weight excluding hydrogens is 206 g/mol. The Balaban J connectivity index is 2.75. The molecule has 5 N–H and O–H groups in total. The summed E-state index contributed by atoms with van der Waals surface area (Å²) in [5.74, 6) is 0.517. The van der Waals surface area contributed by atoms with Crippen LogP contribution in [0.5, 0.6) is 0 Å². The molecule has 14 heavy (non-hydrogen) atoms. The number of ether oxygens (including phenoxy) is 1. The van der Waals surface area contributed by atoms with E-state index in [0.717, 1.165) is 0 Å². The Morgan fingerprint density at radius 1 is 1.43 bits per heavy atom. The van der Waals surface area contributed by atoms with Crippen LogP contribution in [0.4, 0.5) is 17.5 Å². The molecule has 0 fully saturated rings. The molecule has 0 amide bonds. The van der Waals surface area contributed by atoms with Crippen molar-refractivity contribution in [1.29, 1.82) is 0 Å². The lowest BCUT2D eigenvalue weighted by Gasteiger charge is -2.08. The fourth-order valence-corrected chi connectivity index (χ4v) is 1.04. The van der Waals surface area contributed by atoms with Crippen LogP contribution >= 0.6 is 11.6 Å². The van der Waals surface area contributed by atoms with Crippen LogP contribution in [0.25, 0.3) is 0 Å². The van der Waals surface area contributed by atoms with Crippen molar-refractivity contribution in [2.75, 3.05) is 37.0 Å². The van der Waals surface area contributed by atoms with Crippen molar-refractivity contribution < 1.29 is 4.74 Å². The van der Waals surface area contributed by atoms with Crippen molar-refractivity contribution in [3.63, 3.8) is 0 Å². The van der Waals surface area contributed by atoms with Crippen molar-refractivity contribution in [2.24, 2.45) is 0 Å². The van der Waals surface area contributed by atoms with Gasteiger partial charge in [-0.05, 0) is 0 Å². The summed E-state index contributed by atoms with van der Waals surface area (Å²) >= 11 is 5.70. The molecule has 0 saturated heterocycles. The van der Waals surface area contributed by atoms with Gasteiger partial charge in [-0.1, -0.05) is 11.6 Å². The van der Waals surface area contributed by atoms with Crippen LogP contribution in [0.1, 0.15) is 0 Å². The summed E-state index contributed by atoms with van der Waals surface area (Å²) in [4.78, 5) is 7.59. The molecule has 0 radical (unpaired) electrons. The summed E-state index contributed by atoms with van der Waals surface area (Å²) in [5, 5.41) is 3.08. The average Bonchev–Trinajstić information content (AvgIpc) is 2.13. The number of methoxy groups -OCH3 is 1. The van der Waals surface area contributed by atoms with Gasteiger partial charge in [0.05, 0.1) is 6.61 Å². The highest BCUT2D eigenvalue weighted by Crippen LogP contribution is 2.23. The molecule has 78 valence electrons. The van der Waals surface area contributed by atoms with Gasteiger partial charge in [0.2, 0.25) is 5.95 Å². The molecule has 1 aromatic rings. The van der Waals surface area contributed by atoms with Crippen molar-refractivity contribution in [3.8, 4) is 0 Å². The number of hydrogen-bond acceptors (Lipinski definition) is 6. The lowest BCUT2D eigenvalue weighted by molar-refractivity contribution is 0.210. The Morgan fingerprint density at radius 3 is 2.79 bits per heavy atom. The number of rotatable bonds is 4. The topological polar surface area (TPSA) is 99.1 Å². The second-order valence-electron chi connectivity index (χ2n) is 2.55. The summed E-state index contributed by atoms with van der Waals surface area (Å²) in [6.45, 7) is 1.12. The molecular formula is C7H12ClN5O. The molecule has 1 aromatic heterocycles. The lowest BCUT2D eigenvalue weighted by Crippen LogP contribution is -2.12. The summed E-state index contributed by atoms with van der Waals surface area (Å²) in [7, 11) is 1.60. The van der Waals surface area contributed by atoms with E-state index in [0.29, 0.717) is 19.0 Å². The Kier molecular flexibility index (Phi) is 3.73. The molecule has 0 unspecified atom stereocenters. The number of hydrogen-bond donors (Lipinski definition) is 3. The molecule has 0 bridgehead atoms. The smallest absolute Gasteiger partial charge is 0.223 e. The first kappa shape index (κ1) is 10.8. The van der Waals surface area contributed by atoms with Gasteiger partial charge >= 0.3 is 0 Å². The van der Waals surface area contributed by atoms with Crippen molar-refractivity contribution >= 4 is 29.1 Å². The van der Waals surface area contributed by atoms with Gasteiger partial charge in [-0.25, -0.2) is 0 Å². The van der Waals surface area contributed by atoms with Gasteiger partial charge in [0.25, 0.3) is 0 Å². The Bertz CT molecular complexity index is 319. The number of nitrogen functional groups attached to an aromatic ring is 2. The number of nitrogens with zero attached hydrogens (tertiary/aromatic N) is 2. The van der Waals surface area contributed by atoms with E-state index in [1.54, 1.807) is 7.11 Å². The third-order valence-corrected chi connectivity index (χ3v) is 1.80. The monoisotopic (exact) mass is 217 g/mol. The Morgan fingerprint density at radius 2 is 2.14 bits per heavy atom. The first-order chi connectivity index (χ1) is 6.65. The zero-order valence-corrected chi connectivity index (χ0v) is 8.51. The van der Waals surface area contributed by atoms with E-state index < -0.39 is 0 Å². The highest BCUT2D eigenvalue weighted by Gasteiger charge is 2.07. The predicted molar refractivity (Wildman–Crippen MR) is 56.2 cm³/mol. The molecule has 0 saturated carbocycles. The molecule has 6 nitrogen and oxygen atoms in total. The van der Waals surface area contributed by atoms with Crippen LogP contribution in [-0.2, 0) is 4.74 Å². The van der Waals surface area contributed by atoms with E-state index in [1.807, 2.05) is 0 Å². The lowest BCUT2D eigenvalue weighted by atomic mass is 10.4. The second kappa shape index (κ2) is 4.83. The van der Waals surface area contributed by atoms with Gasteiger partial charge in [-0.15, -0.1) is 0 Å². The van der Waals surface area contributed by atoms with Crippen LogP contribution in [-0.4, -0.2) is 30.2 Å². The minimum Gasteiger partial charge on any atom is -0.393 e. The van der Waals surface area contributed by atoms with Crippen molar-refractivity contribution in [2.45, 2.75) is 0 Å². The normalized spacial score (nSPS) is 10.1. The molecule has 1 heterocycles. The standard InChI is InChI=1S/C7H12ClN5O/c1-14-3-2-11-6-4(9)5(8)12-7(10)13-6/h2-3,9H2,1H3,(H3,10,11,12,13). The van der Waals surface area contributed by atoms with Gasteiger partial charge in [-0.3, -0.25) is 0 Å². The molecule has 0 aromatic carbocycles. The van der Waals surface area contributed by atoms with Gasteiger partial charge in [-0.2, -0.15) is 9.97 Å². The predicted octanol–water partition coefficient (Wildman–Crippen LogP) is 0.353. The van der Waals surface area contributed by atoms with Crippen LogP contribution in [0.15, 0.2) is 0 Å². The summed E-state index contributed by atoms with van der Waals surface area (Å²) in [5.41, 5.74) is 11.3. The maximum absolute atomic E-state index is 5.70. The van der Waals surface area contributed by atoms with Gasteiger partial charge in [0.15, 0.2) is 11.0 Å². The van der Waals surface area contributed by atoms with Gasteiger partial charge in [0.1, 0.15) is 5.69 Å². The highest BCUT2D eigenvalue weighted by atomic mass is 35.5. The average molecular weight is 218 g/mol. The van der Waals surface area contributed by atoms with Crippen LogP contribution < -0.4 is 16.8 Å². The van der Waals surface area contributed by atoms with E-state index in [4.69, 9.17) is 27.8 Å². The molecule has 0 aliphatic carbocycles. The maximum Gasteiger partial charge on any atom is 0.223 e. The number of anilines is 3. The van der Waals surface area contributed by atoms with Gasteiger partial charge in [0, 0.05) is 13.7 Å². The van der Waals surface area contributed by atoms with E-state index in [9.17, 15) is 0 Å². The minimum atomic E-state index is 0.0871. The van der Waals surface area contributed by atoms with Crippen LogP contribution in [0, 0.1) is 0 Å². The SMILES string of the molecule is COCCNc1nc(N)nc(Cl)c1N. The van der Waals surface area contributed by atoms with Crippen molar-refractivity contribution in [3.05, 3.63) is 5.15 Å². The van der Waals surface area contributed by atoms with Crippen LogP contribution in [0.2, 0.25) is 5.15 Å². The largest absolute Gasteiger partial charge is 0.393 e. The van der Waals surface area contributed by atoms with E-state index in [2.05, 4.69) is 15.3 Å². The zero-order valence-electron chi connectivity index (χ0n) is 7.75. The van der Waals surface area contributed by atoms with E-state index in [1.165, 1.54) is 0 Å². The Labute approximate surface area is 86.6 Å². The molecule has 7 heteroatoms. The summed E-state index contributed by atoms with van der Waals surface area (Å²) < 4.78 is 4.85. The number of nitrogens with one attached hydrogen (secondary N) is 1. The fourth-order valence-electron chi connectivity index (χ4n) is 0.865. The van der Waals surface area contributed by atoms with Crippen molar-refractivity contribution in [1.82, 2.24) is 9.97 Å². The van der Waals surface area contributed by atoms with E-state index in [-0.39, 0.29) is 16.8 Å². The third-order valence-electron chi connectivity index (χ3n) is 1.52. The molecule has 0 spiro atoms. The Hall–Kier alpha value is -1.27. The molecule has 0 aliphatic heterocycles. The highest BCUT2D eigenvalue weighted by molar-refractivity contribution is 6.32. The maximum atomic E-state index is 5.70. The van der Waals surface area contributed by atoms with E-state index >= 15 is 0 Å². The summed E-state index contributed by atoms with van der Waals surface area (Å²) in [6, 6.07) is 0. The minimum absolute atomic E-state index is 0.0871. The van der Waals surface area contributed by atoms with Gasteiger partial charge < -0.3 is 21.5 Å². The number of halogens is 1. The third kappa shape index (κ3) is 2.61. The molecule has 0 aliphatic rings.